The molecule has 23 heavy (non-hydrogen) atoms. The lowest BCUT2D eigenvalue weighted by molar-refractivity contribution is 0.0846. The standard InChI is InChI=1S/C20H30ClF.CH4/c1-14(2)19(21)13-16(4)20(22)11-9-18(10-12-20)17-7-5-15(3)6-8-17;/h13,15,17-18H,1,4-12H2,2-3H3;1H4/b19-13+;. The highest BCUT2D eigenvalue weighted by Crippen LogP contribution is 2.46. The Hall–Kier alpha value is -0.560. The molecule has 2 aliphatic rings. The molecule has 0 nitrogen and oxygen atoms in total. The molecule has 0 spiro atoms. The molecule has 0 amide bonds. The van der Waals surface area contributed by atoms with Crippen LogP contribution in [0.2, 0.25) is 0 Å². The van der Waals surface area contributed by atoms with Crippen molar-refractivity contribution in [3.8, 4) is 0 Å². The highest BCUT2D eigenvalue weighted by atomic mass is 35.5. The number of alkyl halides is 1. The van der Waals surface area contributed by atoms with E-state index in [1.807, 2.05) is 6.92 Å². The normalized spacial score (nSPS) is 35.3. The zero-order chi connectivity index (χ0) is 16.3. The SMILES string of the molecule is C.C=C(C)/C(Cl)=C\C(=C)C1(F)CCC(C2CCC(C)CC2)CC1. The van der Waals surface area contributed by atoms with Crippen molar-refractivity contribution < 1.29 is 4.39 Å². The van der Waals surface area contributed by atoms with Crippen LogP contribution in [0.25, 0.3) is 0 Å². The maximum atomic E-state index is 15.2. The fourth-order valence-electron chi connectivity index (χ4n) is 4.05. The molecular formula is C21H34ClF. The van der Waals surface area contributed by atoms with E-state index in [-0.39, 0.29) is 7.43 Å². The number of hydrogen-bond donors (Lipinski definition) is 0. The van der Waals surface area contributed by atoms with Crippen LogP contribution in [-0.2, 0) is 0 Å². The van der Waals surface area contributed by atoms with Gasteiger partial charge < -0.3 is 0 Å². The molecule has 132 valence electrons. The third kappa shape index (κ3) is 5.21. The van der Waals surface area contributed by atoms with E-state index >= 15 is 4.39 Å². The first-order valence-electron chi connectivity index (χ1n) is 8.73. The van der Waals surface area contributed by atoms with Crippen molar-refractivity contribution in [1.29, 1.82) is 0 Å². The molecule has 0 atom stereocenters. The van der Waals surface area contributed by atoms with Gasteiger partial charge in [-0.1, -0.05) is 52.0 Å². The van der Waals surface area contributed by atoms with Gasteiger partial charge in [-0.2, -0.15) is 0 Å². The van der Waals surface area contributed by atoms with Crippen molar-refractivity contribution in [2.75, 3.05) is 0 Å². The summed E-state index contributed by atoms with van der Waals surface area (Å²) in [4.78, 5) is 0. The Morgan fingerprint density at radius 2 is 1.52 bits per heavy atom. The molecule has 0 aliphatic heterocycles. The molecule has 2 aliphatic carbocycles. The van der Waals surface area contributed by atoms with Crippen molar-refractivity contribution in [2.24, 2.45) is 17.8 Å². The average molecular weight is 341 g/mol. The second-order valence-electron chi connectivity index (χ2n) is 7.62. The highest BCUT2D eigenvalue weighted by Gasteiger charge is 2.39. The predicted octanol–water partition coefficient (Wildman–Crippen LogP) is 7.60. The molecule has 0 N–H and O–H groups in total. The Labute approximate surface area is 147 Å². The lowest BCUT2D eigenvalue weighted by Crippen LogP contribution is -2.34. The summed E-state index contributed by atoms with van der Waals surface area (Å²) in [6.07, 6.45) is 10.2. The van der Waals surface area contributed by atoms with Gasteiger partial charge in [0.2, 0.25) is 0 Å². The van der Waals surface area contributed by atoms with Crippen LogP contribution in [-0.4, -0.2) is 5.67 Å². The summed E-state index contributed by atoms with van der Waals surface area (Å²) in [5.74, 6) is 2.42. The van der Waals surface area contributed by atoms with Crippen molar-refractivity contribution in [3.63, 3.8) is 0 Å². The van der Waals surface area contributed by atoms with Crippen molar-refractivity contribution >= 4 is 11.6 Å². The van der Waals surface area contributed by atoms with E-state index in [4.69, 9.17) is 11.6 Å². The summed E-state index contributed by atoms with van der Waals surface area (Å²) in [6.45, 7) is 11.9. The quantitative estimate of drug-likeness (QED) is 0.462. The van der Waals surface area contributed by atoms with Crippen LogP contribution >= 0.6 is 11.6 Å². The van der Waals surface area contributed by atoms with E-state index in [0.717, 1.165) is 30.3 Å². The monoisotopic (exact) mass is 340 g/mol. The molecule has 2 rings (SSSR count). The highest BCUT2D eigenvalue weighted by molar-refractivity contribution is 6.32. The molecule has 0 aromatic heterocycles. The van der Waals surface area contributed by atoms with Crippen LogP contribution in [0, 0.1) is 17.8 Å². The molecule has 0 unspecified atom stereocenters. The summed E-state index contributed by atoms with van der Waals surface area (Å²) >= 11 is 6.09. The fourth-order valence-corrected chi connectivity index (χ4v) is 4.18. The summed E-state index contributed by atoms with van der Waals surface area (Å²) < 4.78 is 15.2. The second-order valence-corrected chi connectivity index (χ2v) is 8.03. The van der Waals surface area contributed by atoms with Gasteiger partial charge in [0, 0.05) is 5.03 Å². The van der Waals surface area contributed by atoms with Gasteiger partial charge in [-0.15, -0.1) is 0 Å². The molecule has 0 aromatic carbocycles. The molecule has 2 heteroatoms. The second kappa shape index (κ2) is 8.51. The summed E-state index contributed by atoms with van der Waals surface area (Å²) in [5, 5.41) is 0.519. The van der Waals surface area contributed by atoms with Crippen molar-refractivity contribution in [2.45, 2.75) is 78.3 Å². The summed E-state index contributed by atoms with van der Waals surface area (Å²) in [7, 11) is 0. The third-order valence-corrected chi connectivity index (χ3v) is 6.27. The maximum Gasteiger partial charge on any atom is 0.135 e. The Bertz CT molecular complexity index is 446. The van der Waals surface area contributed by atoms with Gasteiger partial charge >= 0.3 is 0 Å². The van der Waals surface area contributed by atoms with E-state index in [0.29, 0.717) is 29.4 Å². The number of allylic oxidation sites excluding steroid dienone is 4. The Kier molecular flexibility index (Phi) is 7.58. The molecule has 0 aromatic rings. The van der Waals surface area contributed by atoms with Crippen LogP contribution in [0.4, 0.5) is 4.39 Å². The van der Waals surface area contributed by atoms with Gasteiger partial charge in [-0.05, 0) is 80.4 Å². The van der Waals surface area contributed by atoms with Gasteiger partial charge in [0.1, 0.15) is 5.67 Å². The largest absolute Gasteiger partial charge is 0.239 e. The van der Waals surface area contributed by atoms with Gasteiger partial charge in [0.25, 0.3) is 0 Å². The van der Waals surface area contributed by atoms with Crippen molar-refractivity contribution in [3.05, 3.63) is 35.4 Å². The Morgan fingerprint density at radius 1 is 1.04 bits per heavy atom. The lowest BCUT2D eigenvalue weighted by Gasteiger charge is -2.40. The minimum absolute atomic E-state index is 0. The first kappa shape index (κ1) is 20.5. The van der Waals surface area contributed by atoms with Gasteiger partial charge in [0.05, 0.1) is 0 Å². The third-order valence-electron chi connectivity index (χ3n) is 5.83. The number of hydrogen-bond acceptors (Lipinski definition) is 0. The summed E-state index contributed by atoms with van der Waals surface area (Å²) in [6, 6.07) is 0. The smallest absolute Gasteiger partial charge is 0.135 e. The van der Waals surface area contributed by atoms with Crippen LogP contribution in [0.5, 0.6) is 0 Å². The first-order chi connectivity index (χ1) is 10.3. The van der Waals surface area contributed by atoms with Crippen LogP contribution < -0.4 is 0 Å². The van der Waals surface area contributed by atoms with E-state index < -0.39 is 5.67 Å². The molecule has 0 radical (unpaired) electrons. The first-order valence-corrected chi connectivity index (χ1v) is 9.11. The molecular weight excluding hydrogens is 307 g/mol. The minimum atomic E-state index is -1.27. The van der Waals surface area contributed by atoms with Crippen LogP contribution in [0.1, 0.15) is 72.6 Å². The van der Waals surface area contributed by atoms with Gasteiger partial charge in [0.15, 0.2) is 0 Å². The Balaban J connectivity index is 0.00000264. The minimum Gasteiger partial charge on any atom is -0.239 e. The molecule has 2 saturated carbocycles. The Morgan fingerprint density at radius 3 is 2.00 bits per heavy atom. The number of halogens is 2. The topological polar surface area (TPSA) is 0 Å². The molecule has 2 fully saturated rings. The lowest BCUT2D eigenvalue weighted by atomic mass is 9.67. The molecule has 0 heterocycles. The summed E-state index contributed by atoms with van der Waals surface area (Å²) in [5.41, 5.74) is 0.0151. The average Bonchev–Trinajstić information content (AvgIpc) is 2.49. The maximum absolute atomic E-state index is 15.2. The van der Waals surface area contributed by atoms with Gasteiger partial charge in [-0.3, -0.25) is 0 Å². The molecule has 0 bridgehead atoms. The zero-order valence-electron chi connectivity index (χ0n) is 14.1. The predicted molar refractivity (Wildman–Crippen MR) is 102 cm³/mol. The van der Waals surface area contributed by atoms with Crippen LogP contribution in [0.3, 0.4) is 0 Å². The van der Waals surface area contributed by atoms with E-state index in [1.165, 1.54) is 25.7 Å². The van der Waals surface area contributed by atoms with Gasteiger partial charge in [-0.25, -0.2) is 4.39 Å². The van der Waals surface area contributed by atoms with E-state index in [1.54, 1.807) is 6.08 Å². The van der Waals surface area contributed by atoms with E-state index in [9.17, 15) is 0 Å². The zero-order valence-corrected chi connectivity index (χ0v) is 14.9. The van der Waals surface area contributed by atoms with Crippen LogP contribution in [0.15, 0.2) is 35.4 Å². The fraction of sp³-hybridized carbons (Fsp3) is 0.714. The van der Waals surface area contributed by atoms with E-state index in [2.05, 4.69) is 20.1 Å². The number of rotatable bonds is 4. The van der Waals surface area contributed by atoms with Crippen molar-refractivity contribution in [1.82, 2.24) is 0 Å². The molecule has 0 saturated heterocycles.